The van der Waals surface area contributed by atoms with Gasteiger partial charge in [0.1, 0.15) is 0 Å². The first-order valence-electron chi connectivity index (χ1n) is 4.29. The maximum Gasteiger partial charge on any atom is 0.215 e. The average Bonchev–Trinajstić information content (AvgIpc) is 2.53. The van der Waals surface area contributed by atoms with Crippen molar-refractivity contribution < 1.29 is 8.78 Å². The van der Waals surface area contributed by atoms with Crippen LogP contribution < -0.4 is 5.32 Å². The van der Waals surface area contributed by atoms with E-state index in [4.69, 9.17) is 0 Å². The Bertz CT molecular complexity index is 293. The van der Waals surface area contributed by atoms with Gasteiger partial charge in [0.2, 0.25) is 11.9 Å². The van der Waals surface area contributed by atoms with E-state index in [-0.39, 0.29) is 18.3 Å². The van der Waals surface area contributed by atoms with Gasteiger partial charge in [0, 0.05) is 6.54 Å². The highest BCUT2D eigenvalue weighted by atomic mass is 35.5. The minimum atomic E-state index is -0.734. The Hall–Kier alpha value is -0.740. The van der Waals surface area contributed by atoms with Gasteiger partial charge in [0.05, 0.1) is 0 Å². The molecule has 1 atom stereocenters. The van der Waals surface area contributed by atoms with E-state index in [9.17, 15) is 8.78 Å². The molecule has 1 N–H and O–H groups in total. The number of pyridine rings is 1. The van der Waals surface area contributed by atoms with Gasteiger partial charge in [-0.1, -0.05) is 0 Å². The molecule has 0 bridgehead atoms. The van der Waals surface area contributed by atoms with Crippen molar-refractivity contribution in [2.24, 2.45) is 0 Å². The number of hydrogen-bond donors (Lipinski definition) is 1. The van der Waals surface area contributed by atoms with Gasteiger partial charge < -0.3 is 5.32 Å². The van der Waals surface area contributed by atoms with Gasteiger partial charge >= 0.3 is 0 Å². The fourth-order valence-corrected chi connectivity index (χ4v) is 1.66. The lowest BCUT2D eigenvalue weighted by Crippen LogP contribution is -2.08. The summed E-state index contributed by atoms with van der Waals surface area (Å²) >= 11 is 0. The summed E-state index contributed by atoms with van der Waals surface area (Å²) in [5, 5.41) is 3.14. The zero-order valence-electron chi connectivity index (χ0n) is 7.46. The summed E-state index contributed by atoms with van der Waals surface area (Å²) in [5.74, 6) is -1.24. The van der Waals surface area contributed by atoms with Crippen LogP contribution in [0, 0.1) is 11.9 Å². The molecule has 0 amide bonds. The minimum Gasteiger partial charge on any atom is -0.316 e. The summed E-state index contributed by atoms with van der Waals surface area (Å²) < 4.78 is 25.4. The van der Waals surface area contributed by atoms with Crippen LogP contribution in [0.1, 0.15) is 17.9 Å². The van der Waals surface area contributed by atoms with E-state index in [1.807, 2.05) is 0 Å². The molecule has 5 heteroatoms. The predicted octanol–water partition coefficient (Wildman–Crippen LogP) is 1.86. The molecule has 14 heavy (non-hydrogen) atoms. The minimum absolute atomic E-state index is 0. The molecule has 0 aromatic carbocycles. The third-order valence-electron chi connectivity index (χ3n) is 2.32. The van der Waals surface area contributed by atoms with Crippen molar-refractivity contribution in [1.29, 1.82) is 0 Å². The fraction of sp³-hybridized carbons (Fsp3) is 0.444. The first-order chi connectivity index (χ1) is 6.25. The van der Waals surface area contributed by atoms with Gasteiger partial charge in [-0.3, -0.25) is 0 Å². The van der Waals surface area contributed by atoms with E-state index in [2.05, 4.69) is 10.3 Å². The third kappa shape index (κ3) is 2.39. The molecule has 1 unspecified atom stereocenters. The van der Waals surface area contributed by atoms with Gasteiger partial charge in [-0.15, -0.1) is 12.4 Å². The van der Waals surface area contributed by atoms with Gasteiger partial charge in [0.25, 0.3) is 0 Å². The Morgan fingerprint density at radius 3 is 2.43 bits per heavy atom. The molecule has 2 rings (SSSR count). The molecular formula is C9H11ClF2N2. The molecule has 78 valence electrons. The van der Waals surface area contributed by atoms with Crippen LogP contribution in [0.2, 0.25) is 0 Å². The van der Waals surface area contributed by atoms with Crippen molar-refractivity contribution in [1.82, 2.24) is 10.3 Å². The lowest BCUT2D eigenvalue weighted by atomic mass is 10.00. The molecule has 1 aliphatic heterocycles. The highest BCUT2D eigenvalue weighted by Crippen LogP contribution is 2.22. The monoisotopic (exact) mass is 220 g/mol. The third-order valence-corrected chi connectivity index (χ3v) is 2.32. The van der Waals surface area contributed by atoms with Crippen LogP contribution in [0.3, 0.4) is 0 Å². The number of nitrogens with zero attached hydrogens (tertiary/aromatic N) is 1. The molecule has 1 saturated heterocycles. The van der Waals surface area contributed by atoms with E-state index in [1.54, 1.807) is 0 Å². The predicted molar refractivity (Wildman–Crippen MR) is 51.6 cm³/mol. The highest BCUT2D eigenvalue weighted by Gasteiger charge is 2.18. The van der Waals surface area contributed by atoms with Gasteiger partial charge in [-0.25, -0.2) is 0 Å². The van der Waals surface area contributed by atoms with Crippen LogP contribution in [0.25, 0.3) is 0 Å². The zero-order chi connectivity index (χ0) is 9.26. The van der Waals surface area contributed by atoms with Crippen LogP contribution in [0.15, 0.2) is 12.1 Å². The Morgan fingerprint density at radius 2 is 1.93 bits per heavy atom. The molecule has 1 aromatic heterocycles. The highest BCUT2D eigenvalue weighted by molar-refractivity contribution is 5.85. The summed E-state index contributed by atoms with van der Waals surface area (Å²) in [7, 11) is 0. The molecule has 0 spiro atoms. The lowest BCUT2D eigenvalue weighted by molar-refractivity contribution is 0.506. The number of halogens is 3. The summed E-state index contributed by atoms with van der Waals surface area (Å²) in [5.41, 5.74) is 0.704. The molecule has 2 nitrogen and oxygen atoms in total. The van der Waals surface area contributed by atoms with Crippen molar-refractivity contribution in [2.45, 2.75) is 12.3 Å². The zero-order valence-corrected chi connectivity index (χ0v) is 8.28. The molecular weight excluding hydrogens is 210 g/mol. The molecule has 2 heterocycles. The summed E-state index contributed by atoms with van der Waals surface area (Å²) in [6, 6.07) is 2.61. The van der Waals surface area contributed by atoms with Gasteiger partial charge in [-0.2, -0.15) is 13.8 Å². The molecule has 1 fully saturated rings. The second-order valence-electron chi connectivity index (χ2n) is 3.24. The number of rotatable bonds is 1. The topological polar surface area (TPSA) is 24.9 Å². The molecule has 0 saturated carbocycles. The first kappa shape index (κ1) is 11.3. The van der Waals surface area contributed by atoms with E-state index in [0.29, 0.717) is 5.56 Å². The van der Waals surface area contributed by atoms with Crippen molar-refractivity contribution in [3.63, 3.8) is 0 Å². The maximum atomic E-state index is 12.7. The second-order valence-corrected chi connectivity index (χ2v) is 3.24. The summed E-state index contributed by atoms with van der Waals surface area (Å²) in [4.78, 5) is 3.05. The fourth-order valence-electron chi connectivity index (χ4n) is 1.66. The summed E-state index contributed by atoms with van der Waals surface area (Å²) in [6.07, 6.45) is 0.933. The smallest absolute Gasteiger partial charge is 0.215 e. The van der Waals surface area contributed by atoms with Crippen LogP contribution in [-0.2, 0) is 0 Å². The number of aromatic nitrogens is 1. The lowest BCUT2D eigenvalue weighted by Gasteiger charge is -2.07. The Labute approximate surface area is 87.1 Å². The molecule has 1 aromatic rings. The van der Waals surface area contributed by atoms with E-state index in [0.717, 1.165) is 19.5 Å². The van der Waals surface area contributed by atoms with E-state index >= 15 is 0 Å². The number of nitrogens with one attached hydrogen (secondary N) is 1. The van der Waals surface area contributed by atoms with Crippen LogP contribution >= 0.6 is 12.4 Å². The van der Waals surface area contributed by atoms with Crippen molar-refractivity contribution in [3.8, 4) is 0 Å². The normalized spacial score (nSPS) is 20.6. The van der Waals surface area contributed by atoms with E-state index < -0.39 is 11.9 Å². The van der Waals surface area contributed by atoms with Crippen LogP contribution in [0.5, 0.6) is 0 Å². The largest absolute Gasteiger partial charge is 0.316 e. The van der Waals surface area contributed by atoms with E-state index in [1.165, 1.54) is 12.1 Å². The number of hydrogen-bond acceptors (Lipinski definition) is 2. The van der Waals surface area contributed by atoms with Crippen molar-refractivity contribution >= 4 is 12.4 Å². The standard InChI is InChI=1S/C9H10F2N2.ClH/c10-8-3-7(4-9(11)13-8)6-1-2-12-5-6;/h3-4,6,12H,1-2,5H2;1H. The SMILES string of the molecule is Cl.Fc1cc(C2CCNC2)cc(F)n1. The Kier molecular flexibility index (Phi) is 3.77. The van der Waals surface area contributed by atoms with Crippen molar-refractivity contribution in [2.75, 3.05) is 13.1 Å². The van der Waals surface area contributed by atoms with Crippen LogP contribution in [0.4, 0.5) is 8.78 Å². The molecule has 0 aliphatic carbocycles. The second kappa shape index (κ2) is 4.66. The van der Waals surface area contributed by atoms with Crippen LogP contribution in [-0.4, -0.2) is 18.1 Å². The molecule has 1 aliphatic rings. The Morgan fingerprint density at radius 1 is 1.29 bits per heavy atom. The van der Waals surface area contributed by atoms with Gasteiger partial charge in [0.15, 0.2) is 0 Å². The first-order valence-corrected chi connectivity index (χ1v) is 4.29. The van der Waals surface area contributed by atoms with Gasteiger partial charge in [-0.05, 0) is 36.6 Å². The summed E-state index contributed by atoms with van der Waals surface area (Å²) in [6.45, 7) is 1.71. The molecule has 0 radical (unpaired) electrons. The maximum absolute atomic E-state index is 12.7. The quantitative estimate of drug-likeness (QED) is 0.731. The van der Waals surface area contributed by atoms with Crippen molar-refractivity contribution in [3.05, 3.63) is 29.6 Å². The Balaban J connectivity index is 0.000000980. The average molecular weight is 221 g/mol.